The molecule has 22 heavy (non-hydrogen) atoms. The molecule has 0 saturated carbocycles. The number of anilines is 1. The topological polar surface area (TPSA) is 87.3 Å². The Morgan fingerprint density at radius 1 is 1.32 bits per heavy atom. The van der Waals surface area contributed by atoms with Crippen LogP contribution < -0.4 is 10.5 Å². The second-order valence-electron chi connectivity index (χ2n) is 4.36. The number of benzene rings is 1. The molecule has 116 valence electrons. The van der Waals surface area contributed by atoms with E-state index in [0.717, 1.165) is 0 Å². The molecule has 0 fully saturated rings. The first kappa shape index (κ1) is 15.7. The van der Waals surface area contributed by atoms with Gasteiger partial charge in [-0.15, -0.1) is 0 Å². The summed E-state index contributed by atoms with van der Waals surface area (Å²) in [5.41, 5.74) is 5.86. The van der Waals surface area contributed by atoms with Gasteiger partial charge < -0.3 is 15.2 Å². The molecule has 2 aromatic rings. The van der Waals surface area contributed by atoms with Gasteiger partial charge in [0.05, 0.1) is 13.2 Å². The molecule has 0 aliphatic carbocycles. The summed E-state index contributed by atoms with van der Waals surface area (Å²) in [5, 5.41) is 0. The van der Waals surface area contributed by atoms with Crippen molar-refractivity contribution in [3.63, 3.8) is 0 Å². The average molecular weight is 305 g/mol. The SMILES string of the molecule is CCOC(=O)c1cnc(CCOc2ccc(F)cc2)nc1N. The molecule has 0 atom stereocenters. The number of ether oxygens (including phenoxy) is 2. The number of carbonyl (C=O) groups excluding carboxylic acids is 1. The van der Waals surface area contributed by atoms with E-state index in [4.69, 9.17) is 15.2 Å². The molecule has 1 aromatic heterocycles. The fourth-order valence-electron chi connectivity index (χ4n) is 1.71. The maximum atomic E-state index is 12.7. The summed E-state index contributed by atoms with van der Waals surface area (Å²) in [4.78, 5) is 19.7. The molecule has 2 rings (SSSR count). The molecule has 1 heterocycles. The molecule has 0 saturated heterocycles. The number of carbonyl (C=O) groups is 1. The Bertz CT molecular complexity index is 647. The Morgan fingerprint density at radius 2 is 2.05 bits per heavy atom. The van der Waals surface area contributed by atoms with Crippen molar-refractivity contribution in [2.24, 2.45) is 0 Å². The Hall–Kier alpha value is -2.70. The number of nitrogens with two attached hydrogens (primary N) is 1. The maximum Gasteiger partial charge on any atom is 0.343 e. The molecule has 0 bridgehead atoms. The lowest BCUT2D eigenvalue weighted by atomic mass is 10.3. The molecule has 0 spiro atoms. The first-order chi connectivity index (χ1) is 10.6. The van der Waals surface area contributed by atoms with E-state index < -0.39 is 5.97 Å². The molecule has 1 aromatic carbocycles. The first-order valence-corrected chi connectivity index (χ1v) is 6.77. The highest BCUT2D eigenvalue weighted by atomic mass is 19.1. The van der Waals surface area contributed by atoms with Gasteiger partial charge in [-0.3, -0.25) is 0 Å². The average Bonchev–Trinajstić information content (AvgIpc) is 2.49. The van der Waals surface area contributed by atoms with Crippen molar-refractivity contribution >= 4 is 11.8 Å². The van der Waals surface area contributed by atoms with Gasteiger partial charge in [-0.05, 0) is 31.2 Å². The fourth-order valence-corrected chi connectivity index (χ4v) is 1.71. The molecule has 0 radical (unpaired) electrons. The standard InChI is InChI=1S/C15H16FN3O3/c1-2-21-15(20)12-9-18-13(19-14(12)17)7-8-22-11-5-3-10(16)4-6-11/h3-6,9H,2,7-8H2,1H3,(H2,17,18,19). The number of hydrogen-bond donors (Lipinski definition) is 1. The van der Waals surface area contributed by atoms with Crippen LogP contribution in [0.2, 0.25) is 0 Å². The third kappa shape index (κ3) is 4.15. The monoisotopic (exact) mass is 305 g/mol. The minimum Gasteiger partial charge on any atom is -0.493 e. The second-order valence-corrected chi connectivity index (χ2v) is 4.36. The zero-order valence-electron chi connectivity index (χ0n) is 12.1. The fraction of sp³-hybridized carbons (Fsp3) is 0.267. The third-order valence-electron chi connectivity index (χ3n) is 2.77. The summed E-state index contributed by atoms with van der Waals surface area (Å²) >= 11 is 0. The van der Waals surface area contributed by atoms with Gasteiger partial charge in [0.2, 0.25) is 0 Å². The number of halogens is 1. The van der Waals surface area contributed by atoms with Gasteiger partial charge in [0.1, 0.15) is 28.8 Å². The molecule has 0 aliphatic heterocycles. The van der Waals surface area contributed by atoms with E-state index in [1.54, 1.807) is 6.92 Å². The van der Waals surface area contributed by atoms with Crippen molar-refractivity contribution in [3.05, 3.63) is 47.7 Å². The van der Waals surface area contributed by atoms with Crippen LogP contribution in [-0.2, 0) is 11.2 Å². The number of esters is 1. The predicted octanol–water partition coefficient (Wildman–Crippen LogP) is 2.00. The van der Waals surface area contributed by atoms with Crippen molar-refractivity contribution < 1.29 is 18.7 Å². The molecule has 2 N–H and O–H groups in total. The Kier molecular flexibility index (Phi) is 5.24. The number of rotatable bonds is 6. The van der Waals surface area contributed by atoms with Crippen LogP contribution in [0.25, 0.3) is 0 Å². The number of nitrogen functional groups attached to an aromatic ring is 1. The van der Waals surface area contributed by atoms with Crippen LogP contribution in [-0.4, -0.2) is 29.2 Å². The number of nitrogens with zero attached hydrogens (tertiary/aromatic N) is 2. The van der Waals surface area contributed by atoms with Gasteiger partial charge in [0, 0.05) is 12.6 Å². The van der Waals surface area contributed by atoms with E-state index in [1.165, 1.54) is 30.5 Å². The van der Waals surface area contributed by atoms with Crippen molar-refractivity contribution in [2.75, 3.05) is 18.9 Å². The summed E-state index contributed by atoms with van der Waals surface area (Å²) in [7, 11) is 0. The van der Waals surface area contributed by atoms with Gasteiger partial charge in [-0.1, -0.05) is 0 Å². The molecular weight excluding hydrogens is 289 g/mol. The van der Waals surface area contributed by atoms with Crippen LogP contribution in [0.1, 0.15) is 23.1 Å². The smallest absolute Gasteiger partial charge is 0.343 e. The van der Waals surface area contributed by atoms with E-state index in [9.17, 15) is 9.18 Å². The Labute approximate surface area is 127 Å². The van der Waals surface area contributed by atoms with Gasteiger partial charge in [0.15, 0.2) is 0 Å². The summed E-state index contributed by atoms with van der Waals surface area (Å²) < 4.78 is 23.0. The van der Waals surface area contributed by atoms with E-state index in [2.05, 4.69) is 9.97 Å². The highest BCUT2D eigenvalue weighted by molar-refractivity contribution is 5.93. The van der Waals surface area contributed by atoms with Crippen molar-refractivity contribution in [1.82, 2.24) is 9.97 Å². The van der Waals surface area contributed by atoms with Crippen LogP contribution in [0.4, 0.5) is 10.2 Å². The van der Waals surface area contributed by atoms with Crippen LogP contribution in [0.15, 0.2) is 30.5 Å². The lowest BCUT2D eigenvalue weighted by Gasteiger charge is -2.07. The van der Waals surface area contributed by atoms with E-state index in [1.807, 2.05) is 0 Å². The Balaban J connectivity index is 1.92. The van der Waals surface area contributed by atoms with Gasteiger partial charge >= 0.3 is 5.97 Å². The van der Waals surface area contributed by atoms with Gasteiger partial charge in [-0.2, -0.15) is 0 Å². The first-order valence-electron chi connectivity index (χ1n) is 6.77. The summed E-state index contributed by atoms with van der Waals surface area (Å²) in [5.74, 6) is 0.211. The van der Waals surface area contributed by atoms with Crippen molar-refractivity contribution in [2.45, 2.75) is 13.3 Å². The summed E-state index contributed by atoms with van der Waals surface area (Å²) in [6.45, 7) is 2.27. The normalized spacial score (nSPS) is 10.3. The van der Waals surface area contributed by atoms with Gasteiger partial charge in [0.25, 0.3) is 0 Å². The largest absolute Gasteiger partial charge is 0.493 e. The van der Waals surface area contributed by atoms with Crippen molar-refractivity contribution in [3.8, 4) is 5.75 Å². The molecule has 6 nitrogen and oxygen atoms in total. The minimum absolute atomic E-state index is 0.0743. The molecule has 0 unspecified atom stereocenters. The Morgan fingerprint density at radius 3 is 2.68 bits per heavy atom. The zero-order chi connectivity index (χ0) is 15.9. The number of hydrogen-bond acceptors (Lipinski definition) is 6. The van der Waals surface area contributed by atoms with Crippen molar-refractivity contribution in [1.29, 1.82) is 0 Å². The highest BCUT2D eigenvalue weighted by Crippen LogP contribution is 2.12. The lowest BCUT2D eigenvalue weighted by molar-refractivity contribution is 0.0526. The van der Waals surface area contributed by atoms with Crippen LogP contribution in [0.3, 0.4) is 0 Å². The second kappa shape index (κ2) is 7.35. The van der Waals surface area contributed by atoms with Crippen LogP contribution >= 0.6 is 0 Å². The van der Waals surface area contributed by atoms with Crippen LogP contribution in [0.5, 0.6) is 5.75 Å². The lowest BCUT2D eigenvalue weighted by Crippen LogP contribution is -2.13. The zero-order valence-corrected chi connectivity index (χ0v) is 12.1. The highest BCUT2D eigenvalue weighted by Gasteiger charge is 2.13. The maximum absolute atomic E-state index is 12.7. The third-order valence-corrected chi connectivity index (χ3v) is 2.77. The predicted molar refractivity (Wildman–Crippen MR) is 78.0 cm³/mol. The quantitative estimate of drug-likeness (QED) is 0.821. The molecule has 0 aliphatic rings. The molecule has 7 heteroatoms. The number of aromatic nitrogens is 2. The minimum atomic E-state index is -0.547. The summed E-state index contributed by atoms with van der Waals surface area (Å²) in [6, 6.07) is 5.71. The summed E-state index contributed by atoms with van der Waals surface area (Å²) in [6.07, 6.45) is 1.75. The van der Waals surface area contributed by atoms with Gasteiger partial charge in [-0.25, -0.2) is 19.2 Å². The molecular formula is C15H16FN3O3. The molecule has 0 amide bonds. The van der Waals surface area contributed by atoms with E-state index >= 15 is 0 Å². The van der Waals surface area contributed by atoms with E-state index in [-0.39, 0.29) is 23.8 Å². The van der Waals surface area contributed by atoms with Crippen LogP contribution in [0, 0.1) is 5.82 Å². The van der Waals surface area contributed by atoms with E-state index in [0.29, 0.717) is 24.6 Å².